The minimum atomic E-state index is -2.35. The van der Waals surface area contributed by atoms with Gasteiger partial charge in [-0.2, -0.15) is 0 Å². The van der Waals surface area contributed by atoms with E-state index in [1.54, 1.807) is 13.8 Å². The topological polar surface area (TPSA) is 93.8 Å². The third-order valence-electron chi connectivity index (χ3n) is 9.63. The van der Waals surface area contributed by atoms with E-state index in [1.165, 1.54) is 37.5 Å². The number of esters is 1. The second-order valence-corrected chi connectivity index (χ2v) is 12.0. The molecule has 0 amide bonds. The Morgan fingerprint density at radius 1 is 1.27 bits per heavy atom. The van der Waals surface area contributed by atoms with Crippen molar-refractivity contribution >= 4 is 28.6 Å². The number of aliphatic hydroxyl groups is 1. The summed E-state index contributed by atoms with van der Waals surface area (Å²) in [5.41, 5.74) is -7.19. The number of ether oxygens (including phenoxy) is 1. The molecule has 1 heterocycles. The van der Waals surface area contributed by atoms with Crippen LogP contribution >= 0.6 is 11.8 Å². The smallest absolute Gasteiger partial charge is 0.375 e. The highest BCUT2D eigenvalue weighted by atomic mass is 32.2. The summed E-state index contributed by atoms with van der Waals surface area (Å²) in [4.78, 5) is 38.7. The number of allylic oxidation sites excluding steroid dienone is 4. The summed E-state index contributed by atoms with van der Waals surface area (Å²) >= 11 is 0.352. The van der Waals surface area contributed by atoms with Gasteiger partial charge in [0.2, 0.25) is 10.9 Å². The van der Waals surface area contributed by atoms with Crippen molar-refractivity contribution in [3.8, 4) is 0 Å². The van der Waals surface area contributed by atoms with Gasteiger partial charge in [-0.1, -0.05) is 19.9 Å². The van der Waals surface area contributed by atoms with Crippen LogP contribution in [0.2, 0.25) is 0 Å². The Bertz CT molecular complexity index is 1200. The van der Waals surface area contributed by atoms with Crippen LogP contribution < -0.4 is 0 Å². The molecule has 0 spiro atoms. The average Bonchev–Trinajstić information content (AvgIpc) is 3.45. The van der Waals surface area contributed by atoms with Crippen LogP contribution in [0.25, 0.3) is 0 Å². The van der Waals surface area contributed by atoms with E-state index in [0.717, 1.165) is 6.08 Å². The lowest BCUT2D eigenvalue weighted by Gasteiger charge is -2.63. The number of halogens is 3. The number of thioether (sulfide) groups is 1. The van der Waals surface area contributed by atoms with Crippen LogP contribution in [0.4, 0.5) is 13.2 Å². The summed E-state index contributed by atoms with van der Waals surface area (Å²) in [6.07, 6.45) is 1.16. The number of hydrogen-bond donors (Lipinski definition) is 1. The van der Waals surface area contributed by atoms with E-state index >= 15 is 8.78 Å². The number of alkyl halides is 3. The molecule has 0 saturated heterocycles. The average molecular weight is 539 g/mol. The molecule has 37 heavy (non-hydrogen) atoms. The number of rotatable bonds is 4. The van der Waals surface area contributed by atoms with Crippen LogP contribution in [0.5, 0.6) is 0 Å². The molecule has 0 aliphatic heterocycles. The monoisotopic (exact) mass is 538 g/mol. The Balaban J connectivity index is 1.64. The number of carbonyl (C=O) groups excluding carboxylic acids is 3. The number of hydrogen-bond acceptors (Lipinski definition) is 7. The van der Waals surface area contributed by atoms with Crippen molar-refractivity contribution < 1.29 is 41.8 Å². The molecule has 0 bridgehead atoms. The second-order valence-electron chi connectivity index (χ2n) is 11.1. The van der Waals surface area contributed by atoms with Crippen LogP contribution in [0.15, 0.2) is 46.6 Å². The zero-order chi connectivity index (χ0) is 27.0. The fourth-order valence-electron chi connectivity index (χ4n) is 7.97. The minimum absolute atomic E-state index is 0.00739. The van der Waals surface area contributed by atoms with Gasteiger partial charge in [-0.15, -0.1) is 0 Å². The van der Waals surface area contributed by atoms with Gasteiger partial charge in [0, 0.05) is 22.7 Å². The Labute approximate surface area is 216 Å². The molecule has 10 heteroatoms. The lowest BCUT2D eigenvalue weighted by molar-refractivity contribution is -0.221. The Hall–Kier alpha value is -2.33. The lowest BCUT2D eigenvalue weighted by atomic mass is 9.44. The van der Waals surface area contributed by atoms with Crippen molar-refractivity contribution in [2.45, 2.75) is 63.6 Å². The van der Waals surface area contributed by atoms with Crippen molar-refractivity contribution in [1.82, 2.24) is 0 Å². The van der Waals surface area contributed by atoms with Gasteiger partial charge >= 0.3 is 5.97 Å². The van der Waals surface area contributed by atoms with Crippen LogP contribution in [0.1, 0.15) is 50.6 Å². The normalized spacial score (nSPS) is 44.5. The van der Waals surface area contributed by atoms with Gasteiger partial charge in [-0.05, 0) is 73.7 Å². The van der Waals surface area contributed by atoms with Gasteiger partial charge in [0.15, 0.2) is 17.1 Å². The summed E-state index contributed by atoms with van der Waals surface area (Å²) in [7, 11) is 0. The predicted molar refractivity (Wildman–Crippen MR) is 129 cm³/mol. The first-order valence-electron chi connectivity index (χ1n) is 12.3. The highest BCUT2D eigenvalue weighted by Gasteiger charge is 2.78. The fourth-order valence-corrected chi connectivity index (χ4v) is 8.76. The first-order valence-corrected chi connectivity index (χ1v) is 13.3. The number of furan rings is 1. The largest absolute Gasteiger partial charge is 0.457 e. The first kappa shape index (κ1) is 26.3. The van der Waals surface area contributed by atoms with Crippen molar-refractivity contribution in [1.29, 1.82) is 0 Å². The van der Waals surface area contributed by atoms with Gasteiger partial charge < -0.3 is 14.3 Å². The summed E-state index contributed by atoms with van der Waals surface area (Å²) < 4.78 is 57.5. The molecule has 5 rings (SSSR count). The van der Waals surface area contributed by atoms with E-state index in [0.29, 0.717) is 11.8 Å². The van der Waals surface area contributed by atoms with E-state index in [9.17, 15) is 23.9 Å². The Morgan fingerprint density at radius 3 is 2.65 bits per heavy atom. The van der Waals surface area contributed by atoms with Crippen molar-refractivity contribution in [2.75, 3.05) is 6.01 Å². The Kier molecular flexibility index (Phi) is 6.10. The van der Waals surface area contributed by atoms with Gasteiger partial charge in [0.25, 0.3) is 0 Å². The molecule has 1 unspecified atom stereocenters. The van der Waals surface area contributed by atoms with Crippen LogP contribution in [0, 0.1) is 28.6 Å². The maximum absolute atomic E-state index is 17.4. The van der Waals surface area contributed by atoms with Crippen molar-refractivity contribution in [3.63, 3.8) is 0 Å². The molecule has 9 atom stereocenters. The SMILES string of the molecule is CC1C[C@H]2[C@@H]3C[C@H](F)C4=CC(=O)C=C[C@]4(C)[C@@]3(F)[C@@H](O)C[C@]2(C)[C@@]1(OC(=O)c1ccco1)C(=O)SCF. The summed E-state index contributed by atoms with van der Waals surface area (Å²) in [5.74, 6) is -3.98. The fraction of sp³-hybridized carbons (Fsp3) is 0.593. The number of carbonyl (C=O) groups is 3. The van der Waals surface area contributed by atoms with Crippen LogP contribution in [0.3, 0.4) is 0 Å². The third kappa shape index (κ3) is 3.27. The maximum atomic E-state index is 17.4. The number of aliphatic hydroxyl groups excluding tert-OH is 1. The van der Waals surface area contributed by atoms with Crippen LogP contribution in [-0.4, -0.2) is 51.5 Å². The lowest BCUT2D eigenvalue weighted by Crippen LogP contribution is -2.70. The van der Waals surface area contributed by atoms with E-state index in [1.807, 2.05) is 0 Å². The summed E-state index contributed by atoms with van der Waals surface area (Å²) in [6.45, 7) is 4.79. The molecular formula is C27H29F3O6S. The molecule has 0 radical (unpaired) electrons. The molecule has 200 valence electrons. The highest BCUT2D eigenvalue weighted by Crippen LogP contribution is 2.72. The van der Waals surface area contributed by atoms with Crippen molar-refractivity contribution in [3.05, 3.63) is 48.0 Å². The van der Waals surface area contributed by atoms with E-state index in [-0.39, 0.29) is 30.6 Å². The van der Waals surface area contributed by atoms with Crippen molar-refractivity contribution in [2.24, 2.45) is 28.6 Å². The molecule has 4 aliphatic rings. The van der Waals surface area contributed by atoms with Gasteiger partial charge in [-0.25, -0.2) is 18.0 Å². The van der Waals surface area contributed by atoms with Gasteiger partial charge in [-0.3, -0.25) is 9.59 Å². The summed E-state index contributed by atoms with van der Waals surface area (Å²) in [5, 5.41) is 10.7. The zero-order valence-electron chi connectivity index (χ0n) is 20.7. The molecule has 3 fully saturated rings. The quantitative estimate of drug-likeness (QED) is 0.544. The molecule has 6 nitrogen and oxygen atoms in total. The predicted octanol–water partition coefficient (Wildman–Crippen LogP) is 4.93. The number of fused-ring (bicyclic) bond motifs is 5. The standard InChI is InChI=1S/C27H29F3O6S/c1-14-9-16-17-11-19(29)18-10-15(31)6-7-24(18,2)26(17,30)21(32)12-25(16,3)27(14,23(34)37-13-28)36-22(33)20-5-4-8-35-20/h4-8,10,14,16-17,19,21,32H,9,11-13H2,1-3H3/t14?,16-,17-,19-,21-,24-,25-,26-,27-/m0/s1. The van der Waals surface area contributed by atoms with E-state index in [2.05, 4.69) is 0 Å². The second kappa shape index (κ2) is 8.59. The molecule has 1 aromatic heterocycles. The molecule has 4 aliphatic carbocycles. The molecular weight excluding hydrogens is 509 g/mol. The zero-order valence-corrected chi connectivity index (χ0v) is 21.5. The first-order chi connectivity index (χ1) is 17.4. The van der Waals surface area contributed by atoms with E-state index < -0.39 is 75.0 Å². The molecule has 0 aromatic carbocycles. The minimum Gasteiger partial charge on any atom is -0.457 e. The van der Waals surface area contributed by atoms with Crippen LogP contribution in [-0.2, 0) is 14.3 Å². The third-order valence-corrected chi connectivity index (χ3v) is 10.3. The van der Waals surface area contributed by atoms with E-state index in [4.69, 9.17) is 9.15 Å². The molecule has 1 N–H and O–H groups in total. The number of ketones is 1. The Morgan fingerprint density at radius 2 is 2.00 bits per heavy atom. The highest BCUT2D eigenvalue weighted by molar-refractivity contribution is 8.13. The molecule has 1 aromatic rings. The molecule has 3 saturated carbocycles. The summed E-state index contributed by atoms with van der Waals surface area (Å²) in [6, 6.07) is 1.78. The van der Waals surface area contributed by atoms with Gasteiger partial charge in [0.05, 0.1) is 12.4 Å². The van der Waals surface area contributed by atoms with Gasteiger partial charge in [0.1, 0.15) is 12.2 Å². The maximum Gasteiger partial charge on any atom is 0.375 e.